The van der Waals surface area contributed by atoms with Gasteiger partial charge in [-0.05, 0) is 50.3 Å². The quantitative estimate of drug-likeness (QED) is 0.378. The number of benzene rings is 1. The number of nitrogens with one attached hydrogen (secondary N) is 2. The molecule has 2 N–H and O–H groups in total. The Morgan fingerprint density at radius 3 is 2.77 bits per heavy atom. The van der Waals surface area contributed by atoms with Crippen LogP contribution in [0.25, 0.3) is 0 Å². The molecule has 1 heterocycles. The highest BCUT2D eigenvalue weighted by molar-refractivity contribution is 5.79. The van der Waals surface area contributed by atoms with E-state index in [0.29, 0.717) is 44.2 Å². The molecule has 146 valence electrons. The van der Waals surface area contributed by atoms with Crippen molar-refractivity contribution < 1.29 is 18.3 Å². The van der Waals surface area contributed by atoms with Crippen molar-refractivity contribution in [3.05, 3.63) is 35.4 Å². The van der Waals surface area contributed by atoms with Gasteiger partial charge in [0.05, 0.1) is 12.7 Å². The molecule has 0 saturated carbocycles. The lowest BCUT2D eigenvalue weighted by atomic mass is 10.1. The molecule has 1 atom stereocenters. The second-order valence-corrected chi connectivity index (χ2v) is 6.28. The maximum absolute atomic E-state index is 13.2. The molecule has 1 aliphatic rings. The summed E-state index contributed by atoms with van der Waals surface area (Å²) in [6, 6.07) is 3.57. The summed E-state index contributed by atoms with van der Waals surface area (Å²) >= 11 is 0. The number of hydrogen-bond acceptors (Lipinski definition) is 3. The predicted octanol–water partition coefficient (Wildman–Crippen LogP) is 2.65. The number of rotatable bonds is 10. The normalized spacial score (nSPS) is 17.5. The Labute approximate surface area is 154 Å². The molecule has 1 fully saturated rings. The Balaban J connectivity index is 1.63. The van der Waals surface area contributed by atoms with E-state index in [2.05, 4.69) is 15.6 Å². The molecular weight excluding hydrogens is 340 g/mol. The molecule has 0 spiro atoms. The summed E-state index contributed by atoms with van der Waals surface area (Å²) < 4.78 is 37.5. The molecule has 0 amide bonds. The number of aliphatic imine (C=N–C) groups is 1. The van der Waals surface area contributed by atoms with Gasteiger partial charge in [0.2, 0.25) is 0 Å². The first kappa shape index (κ1) is 20.6. The van der Waals surface area contributed by atoms with E-state index in [1.165, 1.54) is 12.1 Å². The van der Waals surface area contributed by atoms with E-state index in [1.807, 2.05) is 6.92 Å². The average Bonchev–Trinajstić information content (AvgIpc) is 3.10. The Morgan fingerprint density at radius 1 is 1.27 bits per heavy atom. The Bertz CT molecular complexity index is 543. The average molecular weight is 369 g/mol. The summed E-state index contributed by atoms with van der Waals surface area (Å²) in [5.74, 6) is -0.407. The summed E-state index contributed by atoms with van der Waals surface area (Å²) in [4.78, 5) is 4.48. The molecule has 0 aliphatic carbocycles. The van der Waals surface area contributed by atoms with Gasteiger partial charge in [-0.15, -0.1) is 0 Å². The van der Waals surface area contributed by atoms with Gasteiger partial charge in [0.15, 0.2) is 5.96 Å². The molecule has 1 aliphatic heterocycles. The Hall–Kier alpha value is -1.73. The van der Waals surface area contributed by atoms with Crippen LogP contribution in [-0.4, -0.2) is 51.5 Å². The summed E-state index contributed by atoms with van der Waals surface area (Å²) in [6.45, 7) is 6.09. The first-order chi connectivity index (χ1) is 12.7. The third-order valence-corrected chi connectivity index (χ3v) is 4.02. The summed E-state index contributed by atoms with van der Waals surface area (Å²) in [7, 11) is 0. The molecule has 1 aromatic carbocycles. The van der Waals surface area contributed by atoms with Crippen LogP contribution in [0.4, 0.5) is 8.78 Å². The van der Waals surface area contributed by atoms with Gasteiger partial charge in [-0.25, -0.2) is 8.78 Å². The van der Waals surface area contributed by atoms with Crippen LogP contribution in [-0.2, 0) is 15.9 Å². The largest absolute Gasteiger partial charge is 0.379 e. The third-order valence-electron chi connectivity index (χ3n) is 4.02. The zero-order valence-corrected chi connectivity index (χ0v) is 15.4. The van der Waals surface area contributed by atoms with Crippen molar-refractivity contribution in [3.8, 4) is 0 Å². The Kier molecular flexibility index (Phi) is 9.34. The molecule has 7 heteroatoms. The molecule has 1 unspecified atom stereocenters. The lowest BCUT2D eigenvalue weighted by Gasteiger charge is -2.12. The minimum Gasteiger partial charge on any atom is -0.379 e. The second-order valence-electron chi connectivity index (χ2n) is 6.28. The van der Waals surface area contributed by atoms with Crippen molar-refractivity contribution in [2.45, 2.75) is 38.7 Å². The van der Waals surface area contributed by atoms with Gasteiger partial charge in [0.1, 0.15) is 11.6 Å². The molecule has 26 heavy (non-hydrogen) atoms. The summed E-state index contributed by atoms with van der Waals surface area (Å²) in [6.07, 6.45) is 3.81. The van der Waals surface area contributed by atoms with Crippen LogP contribution in [0.3, 0.4) is 0 Å². The van der Waals surface area contributed by atoms with Gasteiger partial charge in [0.25, 0.3) is 0 Å². The fourth-order valence-corrected chi connectivity index (χ4v) is 2.77. The van der Waals surface area contributed by atoms with Crippen LogP contribution in [0.2, 0.25) is 0 Å². The fourth-order valence-electron chi connectivity index (χ4n) is 2.77. The topological polar surface area (TPSA) is 54.9 Å². The minimum absolute atomic E-state index is 0.255. The van der Waals surface area contributed by atoms with Crippen molar-refractivity contribution >= 4 is 5.96 Å². The maximum atomic E-state index is 13.2. The van der Waals surface area contributed by atoms with Crippen LogP contribution in [0.5, 0.6) is 0 Å². The smallest absolute Gasteiger partial charge is 0.191 e. The van der Waals surface area contributed by atoms with Crippen molar-refractivity contribution in [1.82, 2.24) is 10.6 Å². The van der Waals surface area contributed by atoms with Crippen LogP contribution in [0.1, 0.15) is 31.7 Å². The predicted molar refractivity (Wildman–Crippen MR) is 98.5 cm³/mol. The van der Waals surface area contributed by atoms with Gasteiger partial charge in [-0.2, -0.15) is 0 Å². The maximum Gasteiger partial charge on any atom is 0.191 e. The fraction of sp³-hybridized carbons (Fsp3) is 0.632. The van der Waals surface area contributed by atoms with Crippen molar-refractivity contribution in [2.24, 2.45) is 4.99 Å². The van der Waals surface area contributed by atoms with Crippen LogP contribution < -0.4 is 10.6 Å². The van der Waals surface area contributed by atoms with Gasteiger partial charge < -0.3 is 20.1 Å². The number of ether oxygens (including phenoxy) is 2. The van der Waals surface area contributed by atoms with Gasteiger partial charge in [-0.3, -0.25) is 4.99 Å². The SMILES string of the molecule is CCNC(=NCCCOCC1CCCO1)NCCc1cc(F)cc(F)c1. The van der Waals surface area contributed by atoms with E-state index >= 15 is 0 Å². The van der Waals surface area contributed by atoms with Crippen LogP contribution in [0, 0.1) is 11.6 Å². The highest BCUT2D eigenvalue weighted by Crippen LogP contribution is 2.12. The first-order valence-corrected chi connectivity index (χ1v) is 9.34. The Morgan fingerprint density at radius 2 is 2.08 bits per heavy atom. The molecule has 0 bridgehead atoms. The monoisotopic (exact) mass is 369 g/mol. The van der Waals surface area contributed by atoms with Gasteiger partial charge in [0, 0.05) is 38.9 Å². The molecule has 1 aromatic rings. The molecule has 1 saturated heterocycles. The van der Waals surface area contributed by atoms with Crippen molar-refractivity contribution in [3.63, 3.8) is 0 Å². The molecular formula is C19H29F2N3O2. The van der Waals surface area contributed by atoms with E-state index in [-0.39, 0.29) is 6.10 Å². The standard InChI is InChI=1S/C19H29F2N3O2/c1-2-22-19(23-7-4-9-25-14-18-5-3-10-26-18)24-8-6-15-11-16(20)13-17(21)12-15/h11-13,18H,2-10,14H2,1H3,(H2,22,23,24). The summed E-state index contributed by atoms with van der Waals surface area (Å²) in [5, 5.41) is 6.33. The van der Waals surface area contributed by atoms with E-state index in [9.17, 15) is 8.78 Å². The number of halogens is 2. The van der Waals surface area contributed by atoms with Crippen LogP contribution >= 0.6 is 0 Å². The van der Waals surface area contributed by atoms with Gasteiger partial charge >= 0.3 is 0 Å². The van der Waals surface area contributed by atoms with E-state index in [0.717, 1.165) is 38.5 Å². The molecule has 5 nitrogen and oxygen atoms in total. The van der Waals surface area contributed by atoms with Crippen molar-refractivity contribution in [2.75, 3.05) is 39.5 Å². The molecule has 0 radical (unpaired) electrons. The van der Waals surface area contributed by atoms with Crippen LogP contribution in [0.15, 0.2) is 23.2 Å². The lowest BCUT2D eigenvalue weighted by Crippen LogP contribution is -2.38. The zero-order chi connectivity index (χ0) is 18.6. The molecule has 0 aromatic heterocycles. The third kappa shape index (κ3) is 8.10. The highest BCUT2D eigenvalue weighted by Gasteiger charge is 2.14. The van der Waals surface area contributed by atoms with E-state index in [1.54, 1.807) is 0 Å². The van der Waals surface area contributed by atoms with Gasteiger partial charge in [-0.1, -0.05) is 0 Å². The number of guanidine groups is 1. The molecule has 2 rings (SSSR count). The second kappa shape index (κ2) is 11.8. The highest BCUT2D eigenvalue weighted by atomic mass is 19.1. The lowest BCUT2D eigenvalue weighted by molar-refractivity contribution is 0.0171. The van der Waals surface area contributed by atoms with E-state index < -0.39 is 11.6 Å². The summed E-state index contributed by atoms with van der Waals surface area (Å²) in [5.41, 5.74) is 0.619. The number of nitrogens with zero attached hydrogens (tertiary/aromatic N) is 1. The zero-order valence-electron chi connectivity index (χ0n) is 15.4. The van der Waals surface area contributed by atoms with Crippen molar-refractivity contribution in [1.29, 1.82) is 0 Å². The minimum atomic E-state index is -0.552. The van der Waals surface area contributed by atoms with E-state index in [4.69, 9.17) is 9.47 Å². The first-order valence-electron chi connectivity index (χ1n) is 9.34. The number of hydrogen-bond donors (Lipinski definition) is 2.